The van der Waals surface area contributed by atoms with E-state index < -0.39 is 5.56 Å². The molecule has 0 aromatic carbocycles. The monoisotopic (exact) mass is 371 g/mol. The molecule has 8 nitrogen and oxygen atoms in total. The summed E-state index contributed by atoms with van der Waals surface area (Å²) in [5.41, 5.74) is 1.29. The van der Waals surface area contributed by atoms with Gasteiger partial charge in [0.1, 0.15) is 12.1 Å². The smallest absolute Gasteiger partial charge is 0.263 e. The van der Waals surface area contributed by atoms with Gasteiger partial charge in [-0.15, -0.1) is 0 Å². The number of nitrogens with one attached hydrogen (secondary N) is 2. The molecule has 2 aromatic heterocycles. The van der Waals surface area contributed by atoms with Crippen LogP contribution in [0.3, 0.4) is 0 Å². The summed E-state index contributed by atoms with van der Waals surface area (Å²) in [6, 6.07) is 5.12. The van der Waals surface area contributed by atoms with E-state index in [9.17, 15) is 14.4 Å². The number of nitrogens with zero attached hydrogens (tertiary/aromatic N) is 3. The van der Waals surface area contributed by atoms with Crippen molar-refractivity contribution < 1.29 is 9.59 Å². The zero-order chi connectivity index (χ0) is 19.4. The van der Waals surface area contributed by atoms with Gasteiger partial charge in [0.05, 0.1) is 12.2 Å². The number of H-pyrrole nitrogens is 1. The minimum Gasteiger partial charge on any atom is -0.349 e. The van der Waals surface area contributed by atoms with Crippen molar-refractivity contribution in [1.29, 1.82) is 0 Å². The van der Waals surface area contributed by atoms with Crippen molar-refractivity contribution in [2.24, 2.45) is 0 Å². The number of hydrogen-bond acceptors (Lipinski definition) is 4. The van der Waals surface area contributed by atoms with Gasteiger partial charge in [0.2, 0.25) is 5.91 Å². The average Bonchev–Trinajstić information content (AvgIpc) is 3.28. The summed E-state index contributed by atoms with van der Waals surface area (Å²) in [6.07, 6.45) is 5.62. The first kappa shape index (κ1) is 18.9. The largest absolute Gasteiger partial charge is 0.349 e. The summed E-state index contributed by atoms with van der Waals surface area (Å²) in [6.45, 7) is 2.11. The van der Waals surface area contributed by atoms with E-state index in [1.54, 1.807) is 13.1 Å². The molecule has 0 atom stereocenters. The Labute approximate surface area is 157 Å². The Balaban J connectivity index is 1.66. The third-order valence-electron chi connectivity index (χ3n) is 4.84. The summed E-state index contributed by atoms with van der Waals surface area (Å²) in [7, 11) is 1.66. The summed E-state index contributed by atoms with van der Waals surface area (Å²) < 4.78 is 1.28. The van der Waals surface area contributed by atoms with Gasteiger partial charge in [0.15, 0.2) is 0 Å². The van der Waals surface area contributed by atoms with Crippen LogP contribution in [-0.2, 0) is 17.9 Å². The van der Waals surface area contributed by atoms with Crippen LogP contribution in [0, 0.1) is 6.92 Å². The van der Waals surface area contributed by atoms with Crippen molar-refractivity contribution in [3.63, 3.8) is 0 Å². The molecule has 1 aliphatic rings. The van der Waals surface area contributed by atoms with Crippen LogP contribution < -0.4 is 10.9 Å². The molecule has 1 saturated carbocycles. The van der Waals surface area contributed by atoms with Gasteiger partial charge in [-0.1, -0.05) is 12.8 Å². The van der Waals surface area contributed by atoms with Crippen LogP contribution in [0.25, 0.3) is 0 Å². The molecule has 0 unspecified atom stereocenters. The molecule has 0 aliphatic heterocycles. The number of aromatic amines is 1. The third kappa shape index (κ3) is 4.64. The number of hydrogen-bond donors (Lipinski definition) is 2. The van der Waals surface area contributed by atoms with Crippen LogP contribution in [0.2, 0.25) is 0 Å². The van der Waals surface area contributed by atoms with Gasteiger partial charge in [0.25, 0.3) is 11.5 Å². The quantitative estimate of drug-likeness (QED) is 0.797. The van der Waals surface area contributed by atoms with E-state index in [0.29, 0.717) is 6.54 Å². The molecule has 0 bridgehead atoms. The molecule has 3 rings (SSSR count). The highest BCUT2D eigenvalue weighted by Gasteiger charge is 2.21. The molecule has 8 heteroatoms. The number of carbonyl (C=O) groups is 2. The average molecular weight is 371 g/mol. The van der Waals surface area contributed by atoms with Crippen molar-refractivity contribution in [3.8, 4) is 0 Å². The molecule has 2 N–H and O–H groups in total. The number of carbonyl (C=O) groups excluding carboxylic acids is 2. The highest BCUT2D eigenvalue weighted by Crippen LogP contribution is 2.17. The zero-order valence-electron chi connectivity index (χ0n) is 15.7. The third-order valence-corrected chi connectivity index (χ3v) is 4.84. The number of pyridine rings is 1. The molecular weight excluding hydrogens is 346 g/mol. The number of rotatable bonds is 6. The van der Waals surface area contributed by atoms with Crippen LogP contribution >= 0.6 is 0 Å². The Kier molecular flexibility index (Phi) is 5.73. The van der Waals surface area contributed by atoms with Crippen LogP contribution in [-0.4, -0.2) is 44.6 Å². The van der Waals surface area contributed by atoms with Gasteiger partial charge in [-0.25, -0.2) is 0 Å². The van der Waals surface area contributed by atoms with Crippen LogP contribution in [0.1, 0.15) is 47.4 Å². The fourth-order valence-electron chi connectivity index (χ4n) is 3.32. The summed E-state index contributed by atoms with van der Waals surface area (Å²) in [5.74, 6) is -0.597. The predicted octanol–water partition coefficient (Wildman–Crippen LogP) is 1.21. The molecule has 2 amide bonds. The first-order valence-electron chi connectivity index (χ1n) is 9.19. The Morgan fingerprint density at radius 3 is 2.78 bits per heavy atom. The molecule has 2 aromatic rings. The minimum absolute atomic E-state index is 0.0720. The van der Waals surface area contributed by atoms with E-state index in [-0.39, 0.29) is 30.0 Å². The highest BCUT2D eigenvalue weighted by molar-refractivity contribution is 5.94. The Morgan fingerprint density at radius 1 is 1.37 bits per heavy atom. The Morgan fingerprint density at radius 2 is 2.11 bits per heavy atom. The Hall–Kier alpha value is -2.90. The van der Waals surface area contributed by atoms with E-state index in [1.165, 1.54) is 21.7 Å². The van der Waals surface area contributed by atoms with E-state index in [4.69, 9.17) is 0 Å². The molecule has 27 heavy (non-hydrogen) atoms. The lowest BCUT2D eigenvalue weighted by atomic mass is 10.2. The van der Waals surface area contributed by atoms with Gasteiger partial charge in [-0.3, -0.25) is 19.5 Å². The maximum absolute atomic E-state index is 12.6. The van der Waals surface area contributed by atoms with Crippen molar-refractivity contribution in [2.45, 2.75) is 51.7 Å². The summed E-state index contributed by atoms with van der Waals surface area (Å²) in [4.78, 5) is 39.0. The fourth-order valence-corrected chi connectivity index (χ4v) is 3.32. The highest BCUT2D eigenvalue weighted by atomic mass is 16.2. The normalized spacial score (nSPS) is 14.3. The molecule has 0 spiro atoms. The number of aromatic nitrogens is 3. The molecule has 2 heterocycles. The maximum atomic E-state index is 12.6. The molecular formula is C19H25N5O3. The first-order chi connectivity index (χ1) is 12.9. The van der Waals surface area contributed by atoms with Gasteiger partial charge in [0, 0.05) is 25.0 Å². The van der Waals surface area contributed by atoms with Gasteiger partial charge in [-0.05, 0) is 38.0 Å². The SMILES string of the molecule is Cc1cc(CN(C)C(=O)Cn2cccc(C(=O)NC3CCCC3)c2=O)n[nH]1. The fraction of sp³-hybridized carbons (Fsp3) is 0.474. The molecule has 0 saturated heterocycles. The molecule has 1 aliphatic carbocycles. The maximum Gasteiger partial charge on any atom is 0.263 e. The number of likely N-dealkylation sites (N-methyl/N-ethyl adjacent to an activating group) is 1. The van der Waals surface area contributed by atoms with Crippen LogP contribution in [0.15, 0.2) is 29.2 Å². The van der Waals surface area contributed by atoms with E-state index >= 15 is 0 Å². The lowest BCUT2D eigenvalue weighted by Crippen LogP contribution is -2.39. The van der Waals surface area contributed by atoms with Crippen molar-refractivity contribution in [1.82, 2.24) is 25.0 Å². The summed E-state index contributed by atoms with van der Waals surface area (Å²) in [5, 5.41) is 9.86. The van der Waals surface area contributed by atoms with Gasteiger partial charge < -0.3 is 14.8 Å². The van der Waals surface area contributed by atoms with Gasteiger partial charge in [-0.2, -0.15) is 5.10 Å². The molecule has 1 fully saturated rings. The van der Waals surface area contributed by atoms with Crippen molar-refractivity contribution >= 4 is 11.8 Å². The van der Waals surface area contributed by atoms with Crippen LogP contribution in [0.4, 0.5) is 0 Å². The Bertz CT molecular complexity index is 879. The van der Waals surface area contributed by atoms with E-state index in [2.05, 4.69) is 15.5 Å². The standard InChI is InChI=1S/C19H25N5O3/c1-13-10-15(22-21-13)11-23(2)17(25)12-24-9-5-8-16(19(24)27)18(26)20-14-6-3-4-7-14/h5,8-10,14H,3-4,6-7,11-12H2,1-2H3,(H,20,26)(H,21,22). The van der Waals surface area contributed by atoms with Gasteiger partial charge >= 0.3 is 0 Å². The molecule has 0 radical (unpaired) electrons. The number of amides is 2. The summed E-state index contributed by atoms with van der Waals surface area (Å²) >= 11 is 0. The molecule has 144 valence electrons. The predicted molar refractivity (Wildman–Crippen MR) is 100 cm³/mol. The lowest BCUT2D eigenvalue weighted by molar-refractivity contribution is -0.131. The van der Waals surface area contributed by atoms with Crippen LogP contribution in [0.5, 0.6) is 0 Å². The van der Waals surface area contributed by atoms with Crippen molar-refractivity contribution in [2.75, 3.05) is 7.05 Å². The second-order valence-corrected chi connectivity index (χ2v) is 7.10. The van der Waals surface area contributed by atoms with Crippen molar-refractivity contribution in [3.05, 3.63) is 51.7 Å². The second kappa shape index (κ2) is 8.20. The minimum atomic E-state index is -0.453. The number of aryl methyl sites for hydroxylation is 1. The van der Waals surface area contributed by atoms with E-state index in [0.717, 1.165) is 37.1 Å². The zero-order valence-corrected chi connectivity index (χ0v) is 15.7. The second-order valence-electron chi connectivity index (χ2n) is 7.10. The topological polar surface area (TPSA) is 100 Å². The lowest BCUT2D eigenvalue weighted by Gasteiger charge is -2.17. The first-order valence-corrected chi connectivity index (χ1v) is 9.19. The van der Waals surface area contributed by atoms with E-state index in [1.807, 2.05) is 13.0 Å².